The van der Waals surface area contributed by atoms with Crippen LogP contribution in [0.15, 0.2) is 12.2 Å². The molecule has 0 atom stereocenters. The van der Waals surface area contributed by atoms with E-state index in [-0.39, 0.29) is 32.7 Å². The Kier molecular flexibility index (Phi) is 186. The first kappa shape index (κ1) is 22.6. The van der Waals surface area contributed by atoms with Crippen molar-refractivity contribution >= 4 is 0 Å². The maximum Gasteiger partial charge on any atom is 0 e. The van der Waals surface area contributed by atoms with E-state index in [4.69, 9.17) is 13.2 Å². The van der Waals surface area contributed by atoms with E-state index >= 15 is 0 Å². The molecule has 1 radical (unpaired) electrons. The number of rotatable bonds is 1. The molecular weight excluding hydrogens is 185 g/mol. The quantitative estimate of drug-likeness (QED) is 0.452. The zero-order valence-corrected chi connectivity index (χ0v) is 9.73. The summed E-state index contributed by atoms with van der Waals surface area (Å²) in [4.78, 5) is 0. The van der Waals surface area contributed by atoms with E-state index in [2.05, 4.69) is 0 Å². The van der Waals surface area contributed by atoms with Gasteiger partial charge in [-0.25, -0.2) is 0 Å². The second-order valence-electron chi connectivity index (χ2n) is 0.385. The summed E-state index contributed by atoms with van der Waals surface area (Å²) in [6, 6.07) is 0. The van der Waals surface area contributed by atoms with Crippen LogP contribution in [0.25, 0.3) is 0 Å². The molecule has 0 aliphatic rings. The Hall–Kier alpha value is 0.584. The van der Waals surface area contributed by atoms with E-state index in [0.717, 1.165) is 0 Å². The summed E-state index contributed by atoms with van der Waals surface area (Å²) in [6.07, 6.45) is 2.56. The molecule has 0 amide bonds. The molecule has 0 aromatic carbocycles. The minimum absolute atomic E-state index is 0. The SMILES string of the molecule is CC.CC.[CH-]=CC=[CH-].[Y]. The van der Waals surface area contributed by atoms with E-state index in [1.165, 1.54) is 12.2 Å². The van der Waals surface area contributed by atoms with Crippen LogP contribution >= 0.6 is 0 Å². The van der Waals surface area contributed by atoms with Gasteiger partial charge < -0.3 is 25.3 Å². The molecule has 0 fully saturated rings. The number of hydrogen-bond acceptors (Lipinski definition) is 0. The molecule has 0 aromatic rings. The zero-order chi connectivity index (χ0) is 7.41. The summed E-state index contributed by atoms with van der Waals surface area (Å²) in [5.41, 5.74) is 0. The molecule has 1 heteroatoms. The van der Waals surface area contributed by atoms with Crippen molar-refractivity contribution in [2.75, 3.05) is 0 Å². The molecule has 0 heterocycles. The second-order valence-corrected chi connectivity index (χ2v) is 0.385. The summed E-state index contributed by atoms with van der Waals surface area (Å²) in [7, 11) is 0. The van der Waals surface area contributed by atoms with Gasteiger partial charge in [-0.1, -0.05) is 27.7 Å². The van der Waals surface area contributed by atoms with Gasteiger partial charge >= 0.3 is 0 Å². The van der Waals surface area contributed by atoms with Gasteiger partial charge in [-0.3, -0.25) is 0 Å². The molecule has 0 saturated carbocycles. The van der Waals surface area contributed by atoms with Gasteiger partial charge in [0.2, 0.25) is 0 Å². The smallest absolute Gasteiger partial charge is 0 e. The van der Waals surface area contributed by atoms with Gasteiger partial charge in [0.05, 0.1) is 0 Å². The molecule has 0 unspecified atom stereocenters. The third-order valence-electron chi connectivity index (χ3n) is 0.111. The van der Waals surface area contributed by atoms with Crippen molar-refractivity contribution in [1.29, 1.82) is 0 Å². The van der Waals surface area contributed by atoms with Crippen LogP contribution in [-0.4, -0.2) is 0 Å². The molecular formula is C8H16Y-2. The van der Waals surface area contributed by atoms with Crippen LogP contribution in [0.1, 0.15) is 27.7 Å². The Bertz CT molecular complexity index is 25.5. The Balaban J connectivity index is -0.0000000221. The van der Waals surface area contributed by atoms with Crippen molar-refractivity contribution in [1.82, 2.24) is 0 Å². The summed E-state index contributed by atoms with van der Waals surface area (Å²) in [5, 5.41) is 0. The fourth-order valence-electron chi connectivity index (χ4n) is 0. The van der Waals surface area contributed by atoms with Crippen LogP contribution < -0.4 is 0 Å². The average Bonchev–Trinajstić information content (AvgIpc) is 1.96. The van der Waals surface area contributed by atoms with Gasteiger partial charge in [-0.05, 0) is 0 Å². The summed E-state index contributed by atoms with van der Waals surface area (Å²) >= 11 is 0. The van der Waals surface area contributed by atoms with Crippen LogP contribution in [0.4, 0.5) is 0 Å². The maximum atomic E-state index is 4.72. The van der Waals surface area contributed by atoms with Crippen molar-refractivity contribution < 1.29 is 32.7 Å². The summed E-state index contributed by atoms with van der Waals surface area (Å²) < 4.78 is 0. The second kappa shape index (κ2) is 73.9. The molecule has 0 nitrogen and oxygen atoms in total. The molecule has 0 bridgehead atoms. The number of allylic oxidation sites excluding steroid dienone is 2. The van der Waals surface area contributed by atoms with Gasteiger partial charge in [0.15, 0.2) is 0 Å². The summed E-state index contributed by atoms with van der Waals surface area (Å²) in [6.45, 7) is 17.4. The van der Waals surface area contributed by atoms with Crippen LogP contribution in [0.2, 0.25) is 0 Å². The fourth-order valence-corrected chi connectivity index (χ4v) is 0. The Labute approximate surface area is 85.3 Å². The molecule has 53 valence electrons. The predicted molar refractivity (Wildman–Crippen MR) is 40.4 cm³/mol. The third kappa shape index (κ3) is 148. The van der Waals surface area contributed by atoms with Gasteiger partial charge in [0.1, 0.15) is 0 Å². The minimum Gasteiger partial charge on any atom is -0.394 e. The predicted octanol–water partition coefficient (Wildman–Crippen LogP) is 3.01. The molecule has 0 spiro atoms. The van der Waals surface area contributed by atoms with E-state index in [0.29, 0.717) is 0 Å². The van der Waals surface area contributed by atoms with Crippen LogP contribution in [0.3, 0.4) is 0 Å². The standard InChI is InChI=1S/C4H4.2C2H6.Y/c1-3-4-2;2*1-2;/h1-4H;2*1-2H3;/q-2;;;. The van der Waals surface area contributed by atoms with E-state index in [1.807, 2.05) is 27.7 Å². The van der Waals surface area contributed by atoms with Gasteiger partial charge in [0, 0.05) is 32.7 Å². The van der Waals surface area contributed by atoms with Crippen LogP contribution in [0, 0.1) is 13.2 Å². The van der Waals surface area contributed by atoms with E-state index < -0.39 is 0 Å². The van der Waals surface area contributed by atoms with Crippen molar-refractivity contribution in [3.8, 4) is 0 Å². The van der Waals surface area contributed by atoms with E-state index in [9.17, 15) is 0 Å². The largest absolute Gasteiger partial charge is 0.394 e. The molecule has 0 saturated heterocycles. The molecule has 0 rings (SSSR count). The Morgan fingerprint density at radius 2 is 0.889 bits per heavy atom. The van der Waals surface area contributed by atoms with Crippen molar-refractivity contribution in [3.63, 3.8) is 0 Å². The Morgan fingerprint density at radius 1 is 0.778 bits per heavy atom. The van der Waals surface area contributed by atoms with Crippen molar-refractivity contribution in [2.24, 2.45) is 0 Å². The van der Waals surface area contributed by atoms with Gasteiger partial charge in [-0.2, -0.15) is 0 Å². The molecule has 0 aliphatic carbocycles. The zero-order valence-electron chi connectivity index (χ0n) is 6.89. The maximum absolute atomic E-state index is 4.72. The Morgan fingerprint density at radius 3 is 0.889 bits per heavy atom. The average molecular weight is 201 g/mol. The van der Waals surface area contributed by atoms with E-state index in [1.54, 1.807) is 0 Å². The third-order valence-corrected chi connectivity index (χ3v) is 0.111. The molecule has 0 N–H and O–H groups in total. The van der Waals surface area contributed by atoms with Crippen LogP contribution in [0.5, 0.6) is 0 Å². The first-order valence-electron chi connectivity index (χ1n) is 3.00. The first-order valence-corrected chi connectivity index (χ1v) is 3.00. The normalized spacial score (nSPS) is 3.56. The number of hydrogen-bond donors (Lipinski definition) is 0. The monoisotopic (exact) mass is 201 g/mol. The molecule has 0 aromatic heterocycles. The molecule has 9 heavy (non-hydrogen) atoms. The first-order chi connectivity index (χ1) is 3.91. The van der Waals surface area contributed by atoms with Gasteiger partial charge in [0.25, 0.3) is 0 Å². The van der Waals surface area contributed by atoms with Crippen molar-refractivity contribution in [2.45, 2.75) is 27.7 Å². The topological polar surface area (TPSA) is 0 Å². The fraction of sp³-hybridized carbons (Fsp3) is 0.500. The molecule has 0 aliphatic heterocycles. The minimum atomic E-state index is 0. The summed E-state index contributed by atoms with van der Waals surface area (Å²) in [5.74, 6) is 0. The van der Waals surface area contributed by atoms with Gasteiger partial charge in [-0.15, -0.1) is 0 Å². The van der Waals surface area contributed by atoms with Crippen molar-refractivity contribution in [3.05, 3.63) is 25.3 Å². The van der Waals surface area contributed by atoms with Crippen LogP contribution in [-0.2, 0) is 32.7 Å².